The van der Waals surface area contributed by atoms with E-state index < -0.39 is 17.6 Å². The molecule has 1 aromatic heterocycles. The highest BCUT2D eigenvalue weighted by molar-refractivity contribution is 6.32. The van der Waals surface area contributed by atoms with Gasteiger partial charge >= 0.3 is 6.18 Å². The molecule has 0 unspecified atom stereocenters. The molecule has 12 heteroatoms. The number of halogens is 5. The van der Waals surface area contributed by atoms with E-state index in [4.69, 9.17) is 22.1 Å². The molecule has 156 valence electrons. The number of allylic oxidation sites excluding steroid dienone is 1. The molecule has 0 fully saturated rings. The molecule has 0 saturated carbocycles. The molecule has 0 spiro atoms. The Bertz CT molecular complexity index is 891. The smallest absolute Gasteiger partial charge is 0.395 e. The Morgan fingerprint density at radius 2 is 2.07 bits per heavy atom. The van der Waals surface area contributed by atoms with Crippen LogP contribution in [0, 0.1) is 11.2 Å². The fraction of sp³-hybridized carbons (Fsp3) is 0.235. The van der Waals surface area contributed by atoms with Gasteiger partial charge in [0.1, 0.15) is 10.8 Å². The van der Waals surface area contributed by atoms with E-state index in [1.807, 2.05) is 0 Å². The highest BCUT2D eigenvalue weighted by atomic mass is 35.5. The minimum absolute atomic E-state index is 0.00420. The molecule has 1 aromatic carbocycles. The molecular formula is C17H17ClF4N6O. The number of hydrogen-bond donors (Lipinski definition) is 5. The van der Waals surface area contributed by atoms with Crippen molar-refractivity contribution >= 4 is 29.6 Å². The number of alkyl halides is 3. The zero-order valence-electron chi connectivity index (χ0n) is 14.8. The summed E-state index contributed by atoms with van der Waals surface area (Å²) >= 11 is 6.00. The standard InChI is InChI=1S/C17H17ClF4N6O/c18-13-9-26-16(27-12(6-23)8-24-3-4-29)28-15(13)25-7-10-1-2-11(5-14(10)19)17(20,21)22/h1-2,5-6,8-9,23-24,29H,3-4,7H2,(H2,25,26,27,28)/b12-8+,23-6?. The number of anilines is 2. The second-order valence-electron chi connectivity index (χ2n) is 5.59. The predicted octanol–water partition coefficient (Wildman–Crippen LogP) is 3.38. The summed E-state index contributed by atoms with van der Waals surface area (Å²) in [7, 11) is 0. The molecule has 7 nitrogen and oxygen atoms in total. The van der Waals surface area contributed by atoms with Gasteiger partial charge in [-0.3, -0.25) is 0 Å². The van der Waals surface area contributed by atoms with E-state index in [0.717, 1.165) is 18.3 Å². The third kappa shape index (κ3) is 6.57. The van der Waals surface area contributed by atoms with Crippen molar-refractivity contribution in [3.63, 3.8) is 0 Å². The first-order valence-corrected chi connectivity index (χ1v) is 8.56. The van der Waals surface area contributed by atoms with Crippen molar-refractivity contribution in [3.8, 4) is 0 Å². The predicted molar refractivity (Wildman–Crippen MR) is 101 cm³/mol. The fourth-order valence-electron chi connectivity index (χ4n) is 2.09. The van der Waals surface area contributed by atoms with E-state index in [1.165, 1.54) is 12.4 Å². The van der Waals surface area contributed by atoms with Crippen molar-refractivity contribution < 1.29 is 22.7 Å². The van der Waals surface area contributed by atoms with E-state index in [1.54, 1.807) is 0 Å². The topological polar surface area (TPSA) is 106 Å². The molecule has 0 radical (unpaired) electrons. The van der Waals surface area contributed by atoms with Crippen LogP contribution >= 0.6 is 11.6 Å². The van der Waals surface area contributed by atoms with Crippen LogP contribution in [0.25, 0.3) is 0 Å². The summed E-state index contributed by atoms with van der Waals surface area (Å²) in [4.78, 5) is 8.05. The van der Waals surface area contributed by atoms with Crippen LogP contribution in [0.3, 0.4) is 0 Å². The van der Waals surface area contributed by atoms with Gasteiger partial charge in [-0.1, -0.05) is 17.7 Å². The number of hydrogen-bond acceptors (Lipinski definition) is 7. The number of rotatable bonds is 9. The third-order valence-corrected chi connectivity index (χ3v) is 3.77. The Balaban J connectivity index is 2.11. The van der Waals surface area contributed by atoms with Crippen LogP contribution in [-0.2, 0) is 12.7 Å². The van der Waals surface area contributed by atoms with Crippen molar-refractivity contribution in [2.75, 3.05) is 23.8 Å². The van der Waals surface area contributed by atoms with E-state index in [9.17, 15) is 17.6 Å². The molecule has 0 amide bonds. The highest BCUT2D eigenvalue weighted by Crippen LogP contribution is 2.30. The van der Waals surface area contributed by atoms with Gasteiger partial charge in [-0.15, -0.1) is 0 Å². The summed E-state index contributed by atoms with van der Waals surface area (Å²) in [5.74, 6) is -0.818. The van der Waals surface area contributed by atoms with Gasteiger partial charge < -0.3 is 26.5 Å². The van der Waals surface area contributed by atoms with Gasteiger partial charge in [0.2, 0.25) is 5.95 Å². The number of benzene rings is 1. The van der Waals surface area contributed by atoms with E-state index in [-0.39, 0.29) is 42.0 Å². The lowest BCUT2D eigenvalue weighted by Crippen LogP contribution is -2.15. The van der Waals surface area contributed by atoms with Gasteiger partial charge in [-0.05, 0) is 12.1 Å². The van der Waals surface area contributed by atoms with Crippen molar-refractivity contribution in [2.45, 2.75) is 12.7 Å². The minimum atomic E-state index is -4.63. The minimum Gasteiger partial charge on any atom is -0.395 e. The maximum Gasteiger partial charge on any atom is 0.416 e. The Hall–Kier alpha value is -2.92. The first kappa shape index (κ1) is 22.4. The Morgan fingerprint density at radius 3 is 2.69 bits per heavy atom. The van der Waals surface area contributed by atoms with Crippen LogP contribution in [0.2, 0.25) is 5.02 Å². The van der Waals surface area contributed by atoms with Crippen LogP contribution in [0.15, 0.2) is 36.3 Å². The summed E-state index contributed by atoms with van der Waals surface area (Å²) in [6.07, 6.45) is -0.931. The SMILES string of the molecule is N=C/C(=C\NCCO)Nc1ncc(Cl)c(NCc2ccc(C(F)(F)F)cc2F)n1. The molecule has 5 N–H and O–H groups in total. The van der Waals surface area contributed by atoms with E-state index in [2.05, 4.69) is 25.9 Å². The largest absolute Gasteiger partial charge is 0.416 e. The first-order valence-electron chi connectivity index (χ1n) is 8.18. The number of aromatic nitrogens is 2. The Labute approximate surface area is 168 Å². The highest BCUT2D eigenvalue weighted by Gasteiger charge is 2.31. The lowest BCUT2D eigenvalue weighted by Gasteiger charge is -2.12. The second-order valence-corrected chi connectivity index (χ2v) is 6.00. The van der Waals surface area contributed by atoms with Gasteiger partial charge in [0.15, 0.2) is 5.82 Å². The van der Waals surface area contributed by atoms with Gasteiger partial charge in [0, 0.05) is 31.1 Å². The maximum absolute atomic E-state index is 14.0. The summed E-state index contributed by atoms with van der Waals surface area (Å²) in [5.41, 5.74) is -0.790. The quantitative estimate of drug-likeness (QED) is 0.236. The third-order valence-electron chi connectivity index (χ3n) is 3.50. The number of nitrogens with zero attached hydrogens (tertiary/aromatic N) is 2. The summed E-state index contributed by atoms with van der Waals surface area (Å²) in [6.45, 7) is 0.0330. The van der Waals surface area contributed by atoms with Crippen LogP contribution < -0.4 is 16.0 Å². The van der Waals surface area contributed by atoms with Gasteiger partial charge in [-0.2, -0.15) is 18.2 Å². The Kier molecular flexibility index (Phi) is 7.74. The molecule has 0 saturated heterocycles. The van der Waals surface area contributed by atoms with E-state index >= 15 is 0 Å². The molecule has 29 heavy (non-hydrogen) atoms. The molecule has 0 aliphatic carbocycles. The lowest BCUT2D eigenvalue weighted by molar-refractivity contribution is -0.137. The molecule has 0 atom stereocenters. The summed E-state index contributed by atoms with van der Waals surface area (Å²) < 4.78 is 51.8. The normalized spacial score (nSPS) is 11.9. The Morgan fingerprint density at radius 1 is 1.31 bits per heavy atom. The van der Waals surface area contributed by atoms with Crippen molar-refractivity contribution in [3.05, 3.63) is 58.3 Å². The van der Waals surface area contributed by atoms with Crippen molar-refractivity contribution in [1.29, 1.82) is 5.41 Å². The van der Waals surface area contributed by atoms with Gasteiger partial charge in [0.05, 0.1) is 24.1 Å². The summed E-state index contributed by atoms with van der Waals surface area (Å²) in [6, 6.07) is 2.24. The summed E-state index contributed by atoms with van der Waals surface area (Å²) in [5, 5.41) is 24.4. The van der Waals surface area contributed by atoms with Gasteiger partial charge in [-0.25, -0.2) is 9.37 Å². The van der Waals surface area contributed by atoms with Crippen molar-refractivity contribution in [1.82, 2.24) is 15.3 Å². The van der Waals surface area contributed by atoms with Crippen LogP contribution in [0.1, 0.15) is 11.1 Å². The zero-order valence-corrected chi connectivity index (χ0v) is 15.6. The molecule has 0 bridgehead atoms. The average molecular weight is 433 g/mol. The maximum atomic E-state index is 14.0. The molecule has 0 aliphatic rings. The molecule has 1 heterocycles. The fourth-order valence-corrected chi connectivity index (χ4v) is 2.24. The second kappa shape index (κ2) is 10.0. The monoisotopic (exact) mass is 432 g/mol. The number of aliphatic hydroxyl groups is 1. The molecule has 2 rings (SSSR count). The van der Waals surface area contributed by atoms with Gasteiger partial charge in [0.25, 0.3) is 0 Å². The van der Waals surface area contributed by atoms with Crippen LogP contribution in [0.4, 0.5) is 29.3 Å². The number of nitrogens with one attached hydrogen (secondary N) is 4. The molecular weight excluding hydrogens is 416 g/mol. The molecule has 0 aliphatic heterocycles. The van der Waals surface area contributed by atoms with Crippen molar-refractivity contribution in [2.24, 2.45) is 0 Å². The van der Waals surface area contributed by atoms with Crippen LogP contribution in [-0.4, -0.2) is 34.4 Å². The first-order chi connectivity index (χ1) is 13.7. The number of aliphatic hydroxyl groups excluding tert-OH is 1. The zero-order chi connectivity index (χ0) is 21.4. The lowest BCUT2D eigenvalue weighted by atomic mass is 10.1. The van der Waals surface area contributed by atoms with E-state index in [0.29, 0.717) is 11.8 Å². The average Bonchev–Trinajstić information content (AvgIpc) is 2.67. The van der Waals surface area contributed by atoms with Crippen LogP contribution in [0.5, 0.6) is 0 Å². The molecule has 2 aromatic rings.